The van der Waals surface area contributed by atoms with Gasteiger partial charge in [0.05, 0.1) is 6.54 Å². The van der Waals surface area contributed by atoms with Gasteiger partial charge in [0, 0.05) is 11.9 Å². The number of thiazole rings is 1. The third-order valence-electron chi connectivity index (χ3n) is 3.73. The summed E-state index contributed by atoms with van der Waals surface area (Å²) >= 11 is 1.23. The molecule has 3 N–H and O–H groups in total. The molecular formula is C13H19N3O3S. The van der Waals surface area contributed by atoms with Crippen LogP contribution in [0.15, 0.2) is 5.38 Å². The fraction of sp³-hybridized carbons (Fsp3) is 0.615. The molecule has 7 heteroatoms. The molecule has 0 bridgehead atoms. The molecule has 1 aromatic heterocycles. The Balaban J connectivity index is 1.70. The molecule has 0 radical (unpaired) electrons. The Hall–Kier alpha value is -1.63. The van der Waals surface area contributed by atoms with Crippen molar-refractivity contribution in [2.24, 2.45) is 11.8 Å². The molecule has 0 saturated heterocycles. The molecule has 1 fully saturated rings. The number of carbonyl (C=O) groups is 2. The Morgan fingerprint density at radius 1 is 1.45 bits per heavy atom. The van der Waals surface area contributed by atoms with Crippen molar-refractivity contribution in [2.45, 2.75) is 32.7 Å². The summed E-state index contributed by atoms with van der Waals surface area (Å²) < 4.78 is 0. The molecule has 1 saturated carbocycles. The first-order valence-corrected chi connectivity index (χ1v) is 7.63. The minimum atomic E-state index is -1.05. The summed E-state index contributed by atoms with van der Waals surface area (Å²) in [5, 5.41) is 16.4. The first-order valence-electron chi connectivity index (χ1n) is 6.75. The Morgan fingerprint density at radius 2 is 2.25 bits per heavy atom. The molecular weight excluding hydrogens is 278 g/mol. The van der Waals surface area contributed by atoms with E-state index in [-0.39, 0.29) is 18.3 Å². The van der Waals surface area contributed by atoms with Gasteiger partial charge in [0.2, 0.25) is 0 Å². The molecule has 6 nitrogen and oxygen atoms in total. The second kappa shape index (κ2) is 6.69. The van der Waals surface area contributed by atoms with Crippen LogP contribution in [0, 0.1) is 11.8 Å². The number of hydrogen-bond donors (Lipinski definition) is 3. The Labute approximate surface area is 121 Å². The fourth-order valence-corrected chi connectivity index (χ4v) is 3.17. The molecule has 2 atom stereocenters. The number of hydrogen-bond acceptors (Lipinski definition) is 4. The summed E-state index contributed by atoms with van der Waals surface area (Å²) in [5.74, 6) is 0.193. The van der Waals surface area contributed by atoms with Crippen molar-refractivity contribution in [3.63, 3.8) is 0 Å². The summed E-state index contributed by atoms with van der Waals surface area (Å²) in [5.41, 5.74) is 0.0204. The lowest BCUT2D eigenvalue weighted by molar-refractivity contribution is 0.0691. The second-order valence-corrected chi connectivity index (χ2v) is 6.11. The van der Waals surface area contributed by atoms with Crippen LogP contribution in [-0.2, 0) is 6.54 Å². The highest BCUT2D eigenvalue weighted by atomic mass is 32.1. The zero-order valence-electron chi connectivity index (χ0n) is 11.4. The van der Waals surface area contributed by atoms with Crippen LogP contribution >= 0.6 is 11.3 Å². The van der Waals surface area contributed by atoms with Gasteiger partial charge in [-0.15, -0.1) is 11.3 Å². The number of rotatable bonds is 5. The molecule has 2 amide bonds. The molecule has 1 aliphatic rings. The number of carboxylic acids is 1. The van der Waals surface area contributed by atoms with Gasteiger partial charge in [-0.3, -0.25) is 0 Å². The standard InChI is InChI=1S/C13H19N3O3S/c1-8-3-2-4-9(8)5-14-13(19)15-6-11-16-10(7-20-11)12(17)18/h7-9H,2-6H2,1H3,(H,17,18)(H2,14,15,19). The third-order valence-corrected chi connectivity index (χ3v) is 4.58. The minimum absolute atomic E-state index is 0.0204. The molecule has 2 unspecified atom stereocenters. The molecule has 110 valence electrons. The molecule has 0 aromatic carbocycles. The number of aromatic carboxylic acids is 1. The molecule has 1 aromatic rings. The van der Waals surface area contributed by atoms with Crippen LogP contribution < -0.4 is 10.6 Å². The third kappa shape index (κ3) is 3.93. The molecule has 1 aliphatic carbocycles. The summed E-state index contributed by atoms with van der Waals surface area (Å²) in [6.07, 6.45) is 3.66. The number of nitrogens with zero attached hydrogens (tertiary/aromatic N) is 1. The maximum Gasteiger partial charge on any atom is 0.355 e. The van der Waals surface area contributed by atoms with Crippen molar-refractivity contribution in [3.05, 3.63) is 16.1 Å². The predicted molar refractivity (Wildman–Crippen MR) is 75.8 cm³/mol. The van der Waals surface area contributed by atoms with Crippen LogP contribution in [-0.4, -0.2) is 28.6 Å². The average Bonchev–Trinajstić information content (AvgIpc) is 3.03. The molecule has 0 spiro atoms. The first kappa shape index (κ1) is 14.8. The van der Waals surface area contributed by atoms with Crippen molar-refractivity contribution >= 4 is 23.3 Å². The van der Waals surface area contributed by atoms with E-state index >= 15 is 0 Å². The van der Waals surface area contributed by atoms with Gasteiger partial charge in [-0.1, -0.05) is 19.8 Å². The van der Waals surface area contributed by atoms with Crippen LogP contribution in [0.5, 0.6) is 0 Å². The lowest BCUT2D eigenvalue weighted by atomic mass is 9.98. The van der Waals surface area contributed by atoms with E-state index in [0.29, 0.717) is 23.4 Å². The number of amides is 2. The normalized spacial score (nSPS) is 21.6. The fourth-order valence-electron chi connectivity index (χ4n) is 2.46. The number of carboxylic acid groups (broad SMARTS) is 1. The summed E-state index contributed by atoms with van der Waals surface area (Å²) in [7, 11) is 0. The van der Waals surface area contributed by atoms with E-state index in [4.69, 9.17) is 5.11 Å². The van der Waals surface area contributed by atoms with Crippen molar-refractivity contribution in [3.8, 4) is 0 Å². The highest BCUT2D eigenvalue weighted by Crippen LogP contribution is 2.30. The maximum absolute atomic E-state index is 11.7. The van der Waals surface area contributed by atoms with Crippen molar-refractivity contribution in [1.29, 1.82) is 0 Å². The summed E-state index contributed by atoms with van der Waals surface area (Å²) in [6, 6.07) is -0.226. The Bertz CT molecular complexity index is 489. The largest absolute Gasteiger partial charge is 0.476 e. The van der Waals surface area contributed by atoms with Gasteiger partial charge in [-0.25, -0.2) is 14.6 Å². The zero-order chi connectivity index (χ0) is 14.5. The van der Waals surface area contributed by atoms with Crippen molar-refractivity contribution in [1.82, 2.24) is 15.6 Å². The van der Waals surface area contributed by atoms with Gasteiger partial charge in [-0.05, 0) is 18.3 Å². The smallest absolute Gasteiger partial charge is 0.355 e. The Morgan fingerprint density at radius 3 is 2.85 bits per heavy atom. The van der Waals surface area contributed by atoms with E-state index in [1.807, 2.05) is 0 Å². The predicted octanol–water partition coefficient (Wildman–Crippen LogP) is 2.08. The van der Waals surface area contributed by atoms with Crippen molar-refractivity contribution in [2.75, 3.05) is 6.54 Å². The first-order chi connectivity index (χ1) is 9.56. The molecule has 20 heavy (non-hydrogen) atoms. The second-order valence-electron chi connectivity index (χ2n) is 5.16. The van der Waals surface area contributed by atoms with Gasteiger partial charge in [0.1, 0.15) is 5.01 Å². The highest BCUT2D eigenvalue weighted by Gasteiger charge is 2.23. The van der Waals surface area contributed by atoms with Crippen LogP contribution in [0.1, 0.15) is 41.7 Å². The van der Waals surface area contributed by atoms with Crippen molar-refractivity contribution < 1.29 is 14.7 Å². The molecule has 0 aliphatic heterocycles. The SMILES string of the molecule is CC1CCCC1CNC(=O)NCc1nc(C(=O)O)cs1. The summed E-state index contributed by atoms with van der Waals surface area (Å²) in [6.45, 7) is 3.18. The molecule has 2 rings (SSSR count). The Kier molecular flexibility index (Phi) is 4.94. The zero-order valence-corrected chi connectivity index (χ0v) is 12.2. The van der Waals surface area contributed by atoms with Gasteiger partial charge in [0.25, 0.3) is 0 Å². The molecule has 1 heterocycles. The monoisotopic (exact) mass is 297 g/mol. The van der Waals surface area contributed by atoms with Gasteiger partial charge in [0.15, 0.2) is 5.69 Å². The van der Waals surface area contributed by atoms with Crippen LogP contribution in [0.25, 0.3) is 0 Å². The highest BCUT2D eigenvalue weighted by molar-refractivity contribution is 7.09. The average molecular weight is 297 g/mol. The lowest BCUT2D eigenvalue weighted by Crippen LogP contribution is -2.38. The number of nitrogens with one attached hydrogen (secondary N) is 2. The van der Waals surface area contributed by atoms with Gasteiger partial charge >= 0.3 is 12.0 Å². The van der Waals surface area contributed by atoms with E-state index in [9.17, 15) is 9.59 Å². The van der Waals surface area contributed by atoms with Crippen LogP contribution in [0.3, 0.4) is 0 Å². The van der Waals surface area contributed by atoms with E-state index in [1.165, 1.54) is 36.0 Å². The summed E-state index contributed by atoms with van der Waals surface area (Å²) in [4.78, 5) is 26.2. The number of carbonyl (C=O) groups excluding carboxylic acids is 1. The van der Waals surface area contributed by atoms with E-state index < -0.39 is 5.97 Å². The quantitative estimate of drug-likeness (QED) is 0.776. The van der Waals surface area contributed by atoms with Crippen LogP contribution in [0.4, 0.5) is 4.79 Å². The van der Waals surface area contributed by atoms with E-state index in [1.54, 1.807) is 0 Å². The topological polar surface area (TPSA) is 91.3 Å². The number of urea groups is 1. The van der Waals surface area contributed by atoms with E-state index in [0.717, 1.165) is 0 Å². The van der Waals surface area contributed by atoms with Crippen LogP contribution in [0.2, 0.25) is 0 Å². The maximum atomic E-state index is 11.7. The minimum Gasteiger partial charge on any atom is -0.476 e. The van der Waals surface area contributed by atoms with Gasteiger partial charge < -0.3 is 15.7 Å². The van der Waals surface area contributed by atoms with E-state index in [2.05, 4.69) is 22.5 Å². The van der Waals surface area contributed by atoms with Gasteiger partial charge in [-0.2, -0.15) is 0 Å². The number of aromatic nitrogens is 1. The lowest BCUT2D eigenvalue weighted by Gasteiger charge is -2.15.